The van der Waals surface area contributed by atoms with Crippen LogP contribution in [0.3, 0.4) is 0 Å². The number of alkyl halides is 5. The number of H-pyrrole nitrogens is 2. The third kappa shape index (κ3) is 5.08. The van der Waals surface area contributed by atoms with Gasteiger partial charge in [-0.1, -0.05) is 0 Å². The molecule has 6 rings (SSSR count). The molecule has 0 bridgehead atoms. The van der Waals surface area contributed by atoms with Crippen LogP contribution in [0.25, 0.3) is 33.5 Å². The lowest BCUT2D eigenvalue weighted by molar-refractivity contribution is -0.274. The zero-order chi connectivity index (χ0) is 28.0. The normalized spacial score (nSPS) is 14.9. The summed E-state index contributed by atoms with van der Waals surface area (Å²) in [6, 6.07) is 7.50. The van der Waals surface area contributed by atoms with Crippen LogP contribution in [-0.4, -0.2) is 54.2 Å². The number of ether oxygens (including phenoxy) is 1. The fourth-order valence-corrected chi connectivity index (χ4v) is 5.06. The minimum atomic E-state index is -4.74. The molecule has 0 saturated carbocycles. The van der Waals surface area contributed by atoms with E-state index in [1.54, 1.807) is 12.1 Å². The summed E-state index contributed by atoms with van der Waals surface area (Å²) in [5.41, 5.74) is 3.95. The van der Waals surface area contributed by atoms with E-state index in [9.17, 15) is 22.0 Å². The standard InChI is InChI=1S/C26H23F5N8O/c1-14-21(15-2-4-18(5-3-15)40-26(29,30)31)37-22(35-14)16-6-8-38(9-7-16)24-19-10-20(36-23(19)32-13-33-24)17-11-34-39(12-17)25(27)28/h2-5,10-13,16,25H,6-9H2,1H3,(H,35,37)(H,32,33,36). The predicted molar refractivity (Wildman–Crippen MR) is 136 cm³/mol. The van der Waals surface area contributed by atoms with Crippen molar-refractivity contribution in [3.63, 3.8) is 0 Å². The van der Waals surface area contributed by atoms with Crippen molar-refractivity contribution in [1.29, 1.82) is 0 Å². The quantitative estimate of drug-likeness (QED) is 0.241. The maximum Gasteiger partial charge on any atom is 0.573 e. The summed E-state index contributed by atoms with van der Waals surface area (Å²) < 4.78 is 67.9. The molecular weight excluding hydrogens is 535 g/mol. The van der Waals surface area contributed by atoms with Crippen molar-refractivity contribution in [2.45, 2.75) is 38.6 Å². The summed E-state index contributed by atoms with van der Waals surface area (Å²) in [7, 11) is 0. The molecule has 40 heavy (non-hydrogen) atoms. The Kier molecular flexibility index (Phi) is 6.39. The Labute approximate surface area is 224 Å². The highest BCUT2D eigenvalue weighted by Gasteiger charge is 2.31. The van der Waals surface area contributed by atoms with Gasteiger partial charge >= 0.3 is 12.9 Å². The first-order chi connectivity index (χ1) is 19.1. The zero-order valence-electron chi connectivity index (χ0n) is 21.1. The first-order valence-corrected chi connectivity index (χ1v) is 12.5. The summed E-state index contributed by atoms with van der Waals surface area (Å²) >= 11 is 0. The molecule has 0 radical (unpaired) electrons. The van der Waals surface area contributed by atoms with Gasteiger partial charge in [-0.3, -0.25) is 0 Å². The highest BCUT2D eigenvalue weighted by Crippen LogP contribution is 2.35. The maximum atomic E-state index is 13.0. The van der Waals surface area contributed by atoms with Crippen LogP contribution in [0.1, 0.15) is 36.8 Å². The summed E-state index contributed by atoms with van der Waals surface area (Å²) in [4.78, 5) is 22.3. The van der Waals surface area contributed by atoms with Crippen LogP contribution in [0.5, 0.6) is 5.75 Å². The smallest absolute Gasteiger partial charge is 0.406 e. The molecule has 1 aliphatic heterocycles. The highest BCUT2D eigenvalue weighted by molar-refractivity contribution is 5.91. The van der Waals surface area contributed by atoms with Crippen LogP contribution in [0.2, 0.25) is 0 Å². The van der Waals surface area contributed by atoms with E-state index >= 15 is 0 Å². The second kappa shape index (κ2) is 9.92. The zero-order valence-corrected chi connectivity index (χ0v) is 21.1. The number of fused-ring (bicyclic) bond motifs is 1. The molecule has 1 aromatic carbocycles. The molecule has 9 nitrogen and oxygen atoms in total. The Hall–Kier alpha value is -4.49. The number of halogens is 5. The van der Waals surface area contributed by atoms with Crippen molar-refractivity contribution in [2.75, 3.05) is 18.0 Å². The molecule has 1 fully saturated rings. The van der Waals surface area contributed by atoms with Gasteiger partial charge in [-0.2, -0.15) is 13.9 Å². The van der Waals surface area contributed by atoms with E-state index < -0.39 is 12.9 Å². The second-order valence-corrected chi connectivity index (χ2v) is 9.56. The maximum absolute atomic E-state index is 13.0. The van der Waals surface area contributed by atoms with Crippen LogP contribution < -0.4 is 9.64 Å². The van der Waals surface area contributed by atoms with E-state index in [0.717, 1.165) is 35.6 Å². The highest BCUT2D eigenvalue weighted by atomic mass is 19.4. The van der Waals surface area contributed by atoms with Crippen molar-refractivity contribution in [2.24, 2.45) is 0 Å². The summed E-state index contributed by atoms with van der Waals surface area (Å²) in [6.07, 6.45) is 0.981. The van der Waals surface area contributed by atoms with Gasteiger partial charge in [0.2, 0.25) is 0 Å². The number of hydrogen-bond acceptors (Lipinski definition) is 6. The third-order valence-electron chi connectivity index (χ3n) is 6.96. The van der Waals surface area contributed by atoms with Gasteiger partial charge in [-0.15, -0.1) is 13.2 Å². The number of piperidine rings is 1. The number of rotatable bonds is 6. The molecule has 4 aromatic heterocycles. The average molecular weight is 559 g/mol. The first kappa shape index (κ1) is 25.8. The molecule has 5 heterocycles. The molecule has 0 amide bonds. The Morgan fingerprint density at radius 3 is 2.45 bits per heavy atom. The van der Waals surface area contributed by atoms with Crippen LogP contribution >= 0.6 is 0 Å². The molecule has 0 unspecified atom stereocenters. The van der Waals surface area contributed by atoms with E-state index in [1.807, 2.05) is 13.0 Å². The summed E-state index contributed by atoms with van der Waals surface area (Å²) in [5.74, 6) is 1.46. The van der Waals surface area contributed by atoms with E-state index in [2.05, 4.69) is 34.7 Å². The van der Waals surface area contributed by atoms with Crippen LogP contribution in [0.15, 0.2) is 49.1 Å². The van der Waals surface area contributed by atoms with Crippen LogP contribution in [0.4, 0.5) is 27.8 Å². The molecule has 14 heteroatoms. The summed E-state index contributed by atoms with van der Waals surface area (Å²) in [6.45, 7) is 0.577. The topological polar surface area (TPSA) is 101 Å². The number of imidazole rings is 1. The molecule has 2 N–H and O–H groups in total. The molecule has 1 aliphatic rings. The number of aromatic amines is 2. The van der Waals surface area contributed by atoms with Crippen molar-refractivity contribution in [3.8, 4) is 28.3 Å². The van der Waals surface area contributed by atoms with E-state index in [1.165, 1.54) is 30.9 Å². The second-order valence-electron chi connectivity index (χ2n) is 9.56. The molecule has 0 spiro atoms. The average Bonchev–Trinajstić information content (AvgIpc) is 3.66. The number of nitrogens with one attached hydrogen (secondary N) is 2. The Bertz CT molecular complexity index is 1630. The van der Waals surface area contributed by atoms with Gasteiger partial charge in [0.15, 0.2) is 0 Å². The van der Waals surface area contributed by atoms with Crippen molar-refractivity contribution >= 4 is 16.9 Å². The molecule has 1 saturated heterocycles. The molecule has 5 aromatic rings. The minimum Gasteiger partial charge on any atom is -0.406 e. The first-order valence-electron chi connectivity index (χ1n) is 12.5. The Morgan fingerprint density at radius 1 is 1.02 bits per heavy atom. The number of aromatic nitrogens is 7. The van der Waals surface area contributed by atoms with E-state index in [0.29, 0.717) is 45.9 Å². The molecule has 0 atom stereocenters. The predicted octanol–water partition coefficient (Wildman–Crippen LogP) is 6.20. The SMILES string of the molecule is Cc1[nH]c(C2CCN(c3ncnc4[nH]c(-c5cnn(C(F)F)c5)cc34)CC2)nc1-c1ccc(OC(F)(F)F)cc1. The molecule has 0 aliphatic carbocycles. The van der Waals surface area contributed by atoms with E-state index in [-0.39, 0.29) is 11.7 Å². The fourth-order valence-electron chi connectivity index (χ4n) is 5.06. The van der Waals surface area contributed by atoms with Crippen molar-refractivity contribution < 1.29 is 26.7 Å². The third-order valence-corrected chi connectivity index (χ3v) is 6.96. The van der Waals surface area contributed by atoms with Gasteiger partial charge in [0.05, 0.1) is 23.0 Å². The minimum absolute atomic E-state index is 0.163. The van der Waals surface area contributed by atoms with Crippen LogP contribution in [0, 0.1) is 6.92 Å². The molecular formula is C26H23F5N8O. The fraction of sp³-hybridized carbons (Fsp3) is 0.308. The molecule has 208 valence electrons. The number of benzene rings is 1. The van der Waals surface area contributed by atoms with Gasteiger partial charge in [0.1, 0.15) is 29.4 Å². The van der Waals surface area contributed by atoms with E-state index in [4.69, 9.17) is 4.98 Å². The number of anilines is 1. The monoisotopic (exact) mass is 558 g/mol. The lowest BCUT2D eigenvalue weighted by atomic mass is 9.96. The van der Waals surface area contributed by atoms with Crippen LogP contribution in [-0.2, 0) is 0 Å². The van der Waals surface area contributed by atoms with Crippen molar-refractivity contribution in [1.82, 2.24) is 34.7 Å². The largest absolute Gasteiger partial charge is 0.573 e. The number of nitrogens with zero attached hydrogens (tertiary/aromatic N) is 6. The van der Waals surface area contributed by atoms with Gasteiger partial charge in [0, 0.05) is 42.0 Å². The Balaban J connectivity index is 1.16. The number of aryl methyl sites for hydroxylation is 1. The van der Waals surface area contributed by atoms with Gasteiger partial charge < -0.3 is 19.6 Å². The lowest BCUT2D eigenvalue weighted by Gasteiger charge is -2.32. The number of hydrogen-bond donors (Lipinski definition) is 2. The lowest BCUT2D eigenvalue weighted by Crippen LogP contribution is -2.33. The summed E-state index contributed by atoms with van der Waals surface area (Å²) in [5, 5.41) is 4.49. The van der Waals surface area contributed by atoms with Gasteiger partial charge in [-0.25, -0.2) is 19.6 Å². The van der Waals surface area contributed by atoms with Gasteiger partial charge in [-0.05, 0) is 50.1 Å². The Morgan fingerprint density at radius 2 is 1.77 bits per heavy atom. The van der Waals surface area contributed by atoms with Gasteiger partial charge in [0.25, 0.3) is 0 Å². The van der Waals surface area contributed by atoms with Crippen molar-refractivity contribution in [3.05, 3.63) is 60.6 Å².